The van der Waals surface area contributed by atoms with E-state index in [9.17, 15) is 9.18 Å². The molecule has 3 rings (SSSR count). The van der Waals surface area contributed by atoms with Gasteiger partial charge in [0.25, 0.3) is 0 Å². The molecule has 1 saturated heterocycles. The van der Waals surface area contributed by atoms with E-state index >= 15 is 0 Å². The summed E-state index contributed by atoms with van der Waals surface area (Å²) in [5.74, 6) is 0.298. The Kier molecular flexibility index (Phi) is 6.22. The van der Waals surface area contributed by atoms with E-state index < -0.39 is 0 Å². The third-order valence-corrected chi connectivity index (χ3v) is 4.54. The van der Waals surface area contributed by atoms with Gasteiger partial charge in [-0.25, -0.2) is 13.9 Å². The Balaban J connectivity index is 1.62. The van der Waals surface area contributed by atoms with E-state index in [4.69, 9.17) is 4.74 Å². The minimum absolute atomic E-state index is 0.103. The summed E-state index contributed by atoms with van der Waals surface area (Å²) in [6.07, 6.45) is 4.95. The van der Waals surface area contributed by atoms with Crippen LogP contribution in [0.5, 0.6) is 0 Å². The van der Waals surface area contributed by atoms with Gasteiger partial charge in [0.15, 0.2) is 0 Å². The summed E-state index contributed by atoms with van der Waals surface area (Å²) in [7, 11) is 0. The molecule has 1 aromatic carbocycles. The molecule has 1 aliphatic heterocycles. The number of halogens is 1. The monoisotopic (exact) mass is 360 g/mol. The first-order chi connectivity index (χ1) is 12.7. The number of rotatable bonds is 6. The highest BCUT2D eigenvalue weighted by Gasteiger charge is 2.21. The number of hydrogen-bond donors (Lipinski definition) is 1. The zero-order valence-corrected chi connectivity index (χ0v) is 15.0. The summed E-state index contributed by atoms with van der Waals surface area (Å²) in [6.45, 7) is 4.29. The Morgan fingerprint density at radius 3 is 3.04 bits per heavy atom. The van der Waals surface area contributed by atoms with Gasteiger partial charge in [-0.2, -0.15) is 5.10 Å². The van der Waals surface area contributed by atoms with E-state index in [2.05, 4.69) is 10.4 Å². The van der Waals surface area contributed by atoms with Crippen LogP contribution in [0.4, 0.5) is 15.0 Å². The van der Waals surface area contributed by atoms with Crippen molar-refractivity contribution in [2.24, 2.45) is 0 Å². The Labute approximate surface area is 152 Å². The molecule has 0 radical (unpaired) electrons. The number of hydrogen-bond acceptors (Lipinski definition) is 3. The Hall–Kier alpha value is -2.41. The van der Waals surface area contributed by atoms with Crippen molar-refractivity contribution in [2.45, 2.75) is 38.8 Å². The molecule has 2 heterocycles. The molecule has 1 atom stereocenters. The van der Waals surface area contributed by atoms with Crippen molar-refractivity contribution in [1.82, 2.24) is 14.7 Å². The average molecular weight is 360 g/mol. The number of nitrogens with zero attached hydrogens (tertiary/aromatic N) is 3. The summed E-state index contributed by atoms with van der Waals surface area (Å²) in [5.41, 5.74) is 0.784. The number of aromatic nitrogens is 2. The van der Waals surface area contributed by atoms with E-state index in [1.54, 1.807) is 27.9 Å². The highest BCUT2D eigenvalue weighted by Crippen LogP contribution is 2.16. The minimum atomic E-state index is -0.287. The Morgan fingerprint density at radius 2 is 2.31 bits per heavy atom. The molecule has 0 aliphatic carbocycles. The molecule has 0 saturated carbocycles. The summed E-state index contributed by atoms with van der Waals surface area (Å²) < 4.78 is 20.7. The maximum atomic E-state index is 13.4. The van der Waals surface area contributed by atoms with Crippen molar-refractivity contribution in [1.29, 1.82) is 0 Å². The lowest BCUT2D eigenvalue weighted by atomic mass is 10.1. The lowest BCUT2D eigenvalue weighted by Crippen LogP contribution is -2.42. The van der Waals surface area contributed by atoms with Crippen molar-refractivity contribution >= 4 is 11.8 Å². The van der Waals surface area contributed by atoms with Crippen LogP contribution in [-0.4, -0.2) is 46.5 Å². The van der Waals surface area contributed by atoms with Crippen molar-refractivity contribution in [3.63, 3.8) is 0 Å². The fourth-order valence-electron chi connectivity index (χ4n) is 3.11. The van der Waals surface area contributed by atoms with Gasteiger partial charge < -0.3 is 9.64 Å². The predicted molar refractivity (Wildman–Crippen MR) is 97.6 cm³/mol. The molecular weight excluding hydrogens is 335 g/mol. The second-order valence-electron chi connectivity index (χ2n) is 6.46. The van der Waals surface area contributed by atoms with Crippen molar-refractivity contribution in [3.05, 3.63) is 47.9 Å². The van der Waals surface area contributed by atoms with E-state index in [0.29, 0.717) is 25.5 Å². The van der Waals surface area contributed by atoms with Crippen LogP contribution in [0.1, 0.15) is 31.7 Å². The van der Waals surface area contributed by atoms with Gasteiger partial charge in [0, 0.05) is 25.8 Å². The second kappa shape index (κ2) is 8.80. The van der Waals surface area contributed by atoms with Crippen LogP contribution in [0.25, 0.3) is 0 Å². The van der Waals surface area contributed by atoms with Crippen molar-refractivity contribution in [2.75, 3.05) is 25.0 Å². The lowest BCUT2D eigenvalue weighted by molar-refractivity contribution is 0.00220. The molecule has 1 aliphatic rings. The fraction of sp³-hybridized carbons (Fsp3) is 0.474. The van der Waals surface area contributed by atoms with Crippen LogP contribution in [-0.2, 0) is 11.3 Å². The standard InChI is InChI=1S/C19H25FN4O2/c1-2-23(14-17-8-3-4-11-26-17)19(25)22-18-9-10-21-24(18)13-15-6-5-7-16(20)12-15/h5-7,9-10,12,17H,2-4,8,11,13-14H2,1H3,(H,22,25)/t17-/m0/s1. The van der Waals surface area contributed by atoms with Crippen LogP contribution in [0, 0.1) is 5.82 Å². The second-order valence-corrected chi connectivity index (χ2v) is 6.46. The number of anilines is 1. The van der Waals surface area contributed by atoms with Gasteiger partial charge in [0.1, 0.15) is 11.6 Å². The molecule has 7 heteroatoms. The van der Waals surface area contributed by atoms with E-state index in [-0.39, 0.29) is 18.0 Å². The maximum Gasteiger partial charge on any atom is 0.323 e. The molecule has 1 aromatic heterocycles. The zero-order chi connectivity index (χ0) is 18.4. The number of carbonyl (C=O) groups excluding carboxylic acids is 1. The first-order valence-corrected chi connectivity index (χ1v) is 9.09. The van der Waals surface area contributed by atoms with E-state index in [1.807, 2.05) is 13.0 Å². The molecular formula is C19H25FN4O2. The number of ether oxygens (including phenoxy) is 1. The largest absolute Gasteiger partial charge is 0.376 e. The molecule has 1 fully saturated rings. The molecule has 26 heavy (non-hydrogen) atoms. The molecule has 6 nitrogen and oxygen atoms in total. The van der Waals surface area contributed by atoms with Gasteiger partial charge in [-0.05, 0) is 43.9 Å². The Bertz CT molecular complexity index is 728. The minimum Gasteiger partial charge on any atom is -0.376 e. The lowest BCUT2D eigenvalue weighted by Gasteiger charge is -2.29. The van der Waals surface area contributed by atoms with Crippen LogP contribution in [0.3, 0.4) is 0 Å². The SMILES string of the molecule is CCN(C[C@@H]1CCCCO1)C(=O)Nc1ccnn1Cc1cccc(F)c1. The van der Waals surface area contributed by atoms with Gasteiger partial charge in [-0.3, -0.25) is 5.32 Å². The number of amides is 2. The average Bonchev–Trinajstić information content (AvgIpc) is 3.07. The topological polar surface area (TPSA) is 59.4 Å². The fourth-order valence-corrected chi connectivity index (χ4v) is 3.11. The van der Waals surface area contributed by atoms with Gasteiger partial charge in [0.2, 0.25) is 0 Å². The van der Waals surface area contributed by atoms with Crippen molar-refractivity contribution < 1.29 is 13.9 Å². The summed E-state index contributed by atoms with van der Waals surface area (Å²) in [6, 6.07) is 7.92. The molecule has 1 N–H and O–H groups in total. The summed E-state index contributed by atoms with van der Waals surface area (Å²) in [4.78, 5) is 14.4. The van der Waals surface area contributed by atoms with Gasteiger partial charge in [-0.15, -0.1) is 0 Å². The molecule has 0 unspecified atom stereocenters. The predicted octanol–water partition coefficient (Wildman–Crippen LogP) is 3.49. The van der Waals surface area contributed by atoms with Crippen molar-refractivity contribution in [3.8, 4) is 0 Å². The number of benzene rings is 1. The van der Waals surface area contributed by atoms with Crippen LogP contribution >= 0.6 is 0 Å². The van der Waals surface area contributed by atoms with Crippen LogP contribution < -0.4 is 5.32 Å². The molecule has 0 bridgehead atoms. The number of urea groups is 1. The van der Waals surface area contributed by atoms with Gasteiger partial charge in [0.05, 0.1) is 18.8 Å². The zero-order valence-electron chi connectivity index (χ0n) is 15.0. The molecule has 2 amide bonds. The molecule has 2 aromatic rings. The Morgan fingerprint density at radius 1 is 1.42 bits per heavy atom. The maximum absolute atomic E-state index is 13.4. The highest BCUT2D eigenvalue weighted by molar-refractivity contribution is 5.88. The van der Waals surface area contributed by atoms with E-state index in [1.165, 1.54) is 12.1 Å². The summed E-state index contributed by atoms with van der Waals surface area (Å²) >= 11 is 0. The molecule has 140 valence electrons. The van der Waals surface area contributed by atoms with Gasteiger partial charge >= 0.3 is 6.03 Å². The number of likely N-dealkylation sites (N-methyl/N-ethyl adjacent to an activating group) is 1. The number of nitrogens with one attached hydrogen (secondary N) is 1. The quantitative estimate of drug-likeness (QED) is 0.858. The first-order valence-electron chi connectivity index (χ1n) is 9.09. The third kappa shape index (κ3) is 4.82. The molecule has 0 spiro atoms. The third-order valence-electron chi connectivity index (χ3n) is 4.54. The highest BCUT2D eigenvalue weighted by atomic mass is 19.1. The van der Waals surface area contributed by atoms with Crippen LogP contribution in [0.15, 0.2) is 36.5 Å². The first kappa shape index (κ1) is 18.4. The summed E-state index contributed by atoms with van der Waals surface area (Å²) in [5, 5.41) is 7.14. The normalized spacial score (nSPS) is 17.1. The van der Waals surface area contributed by atoms with E-state index in [0.717, 1.165) is 31.4 Å². The van der Waals surface area contributed by atoms with Crippen LogP contribution in [0.2, 0.25) is 0 Å². The smallest absolute Gasteiger partial charge is 0.323 e. The van der Waals surface area contributed by atoms with Gasteiger partial charge in [-0.1, -0.05) is 12.1 Å². The number of carbonyl (C=O) groups is 1.